The van der Waals surface area contributed by atoms with Crippen LogP contribution in [0.3, 0.4) is 0 Å². The molecule has 0 aliphatic heterocycles. The molecule has 2 nitrogen and oxygen atoms in total. The Bertz CT molecular complexity index is 794. The highest BCUT2D eigenvalue weighted by molar-refractivity contribution is 7.99. The third-order valence-corrected chi connectivity index (χ3v) is 4.26. The van der Waals surface area contributed by atoms with Gasteiger partial charge in [0.2, 0.25) is 0 Å². The van der Waals surface area contributed by atoms with Crippen molar-refractivity contribution >= 4 is 28.5 Å². The van der Waals surface area contributed by atoms with Gasteiger partial charge in [0.05, 0.1) is 5.56 Å². The summed E-state index contributed by atoms with van der Waals surface area (Å²) in [6.45, 7) is 2.05. The van der Waals surface area contributed by atoms with Crippen LogP contribution in [0.4, 0.5) is 0 Å². The number of thioether (sulfide) groups is 1. The van der Waals surface area contributed by atoms with E-state index in [1.807, 2.05) is 67.6 Å². The van der Waals surface area contributed by atoms with Crippen LogP contribution in [-0.2, 0) is 4.74 Å². The smallest absolute Gasteiger partial charge is 0.338 e. The fourth-order valence-corrected chi connectivity index (χ4v) is 2.82. The van der Waals surface area contributed by atoms with Crippen molar-refractivity contribution in [2.45, 2.75) is 11.8 Å². The zero-order valence-electron chi connectivity index (χ0n) is 12.3. The van der Waals surface area contributed by atoms with Gasteiger partial charge in [0.25, 0.3) is 0 Å². The third kappa shape index (κ3) is 3.49. The molecule has 3 heteroatoms. The van der Waals surface area contributed by atoms with E-state index >= 15 is 0 Å². The normalized spacial score (nSPS) is 10.6. The van der Waals surface area contributed by atoms with Crippen molar-refractivity contribution < 1.29 is 9.53 Å². The van der Waals surface area contributed by atoms with E-state index in [4.69, 9.17) is 4.74 Å². The molecule has 0 bridgehead atoms. The summed E-state index contributed by atoms with van der Waals surface area (Å²) in [5, 5.41) is 2.16. The van der Waals surface area contributed by atoms with Gasteiger partial charge < -0.3 is 4.74 Å². The number of benzene rings is 3. The lowest BCUT2D eigenvalue weighted by molar-refractivity contribution is 0.0579. The molecule has 0 unspecified atom stereocenters. The third-order valence-electron chi connectivity index (χ3n) is 3.42. The Morgan fingerprint density at radius 1 is 0.955 bits per heavy atom. The Kier molecular flexibility index (Phi) is 4.45. The van der Waals surface area contributed by atoms with Gasteiger partial charge in [-0.25, -0.2) is 4.79 Å². The summed E-state index contributed by atoms with van der Waals surface area (Å²) in [4.78, 5) is 13.2. The molecular formula is C19H16O2S. The molecule has 0 N–H and O–H groups in total. The monoisotopic (exact) mass is 308 g/mol. The van der Waals surface area contributed by atoms with E-state index in [0.29, 0.717) is 11.5 Å². The average molecular weight is 308 g/mol. The fourth-order valence-electron chi connectivity index (χ4n) is 2.19. The molecule has 3 aromatic carbocycles. The molecule has 3 aromatic rings. The highest BCUT2D eigenvalue weighted by Crippen LogP contribution is 2.20. The largest absolute Gasteiger partial charge is 0.451 e. The topological polar surface area (TPSA) is 26.3 Å². The van der Waals surface area contributed by atoms with Crippen LogP contribution in [0.5, 0.6) is 0 Å². The van der Waals surface area contributed by atoms with Crippen molar-refractivity contribution in [1.29, 1.82) is 0 Å². The summed E-state index contributed by atoms with van der Waals surface area (Å²) >= 11 is 1.51. The Morgan fingerprint density at radius 2 is 1.68 bits per heavy atom. The standard InChI is InChI=1S/C19H16O2S/c1-14-6-10-18(11-7-14)22-13-21-19(20)17-9-8-15-4-2-3-5-16(15)12-17/h2-12H,13H2,1H3. The number of carbonyl (C=O) groups is 1. The Morgan fingerprint density at radius 3 is 2.45 bits per heavy atom. The minimum absolute atomic E-state index is 0.287. The molecule has 0 amide bonds. The minimum Gasteiger partial charge on any atom is -0.451 e. The average Bonchev–Trinajstić information content (AvgIpc) is 2.56. The molecule has 0 aliphatic rings. The van der Waals surface area contributed by atoms with Crippen LogP contribution in [-0.4, -0.2) is 11.9 Å². The van der Waals surface area contributed by atoms with Gasteiger partial charge in [0.15, 0.2) is 0 Å². The molecule has 0 aliphatic carbocycles. The molecule has 0 atom stereocenters. The lowest BCUT2D eigenvalue weighted by atomic mass is 10.1. The summed E-state index contributed by atoms with van der Waals surface area (Å²) in [5.41, 5.74) is 1.81. The first-order valence-electron chi connectivity index (χ1n) is 7.08. The van der Waals surface area contributed by atoms with E-state index < -0.39 is 0 Å². The molecular weight excluding hydrogens is 292 g/mol. The van der Waals surface area contributed by atoms with Crippen molar-refractivity contribution in [2.75, 3.05) is 5.94 Å². The number of aryl methyl sites for hydroxylation is 1. The van der Waals surface area contributed by atoms with Crippen LogP contribution < -0.4 is 0 Å². The van der Waals surface area contributed by atoms with Crippen molar-refractivity contribution in [2.24, 2.45) is 0 Å². The van der Waals surface area contributed by atoms with E-state index in [0.717, 1.165) is 15.7 Å². The van der Waals surface area contributed by atoms with E-state index in [-0.39, 0.29) is 5.97 Å². The maximum Gasteiger partial charge on any atom is 0.338 e. The van der Waals surface area contributed by atoms with Crippen LogP contribution in [0.1, 0.15) is 15.9 Å². The van der Waals surface area contributed by atoms with E-state index in [9.17, 15) is 4.79 Å². The van der Waals surface area contributed by atoms with Crippen LogP contribution in [0.2, 0.25) is 0 Å². The van der Waals surface area contributed by atoms with Gasteiger partial charge in [-0.3, -0.25) is 0 Å². The first-order valence-corrected chi connectivity index (χ1v) is 8.06. The second-order valence-electron chi connectivity index (χ2n) is 5.07. The Hall–Kier alpha value is -2.26. The van der Waals surface area contributed by atoms with E-state index in [2.05, 4.69) is 0 Å². The van der Waals surface area contributed by atoms with Crippen LogP contribution in [0.15, 0.2) is 71.6 Å². The summed E-state index contributed by atoms with van der Waals surface area (Å²) in [6.07, 6.45) is 0. The molecule has 3 rings (SSSR count). The summed E-state index contributed by atoms with van der Waals surface area (Å²) in [7, 11) is 0. The molecule has 0 aromatic heterocycles. The molecule has 0 heterocycles. The molecule has 22 heavy (non-hydrogen) atoms. The Labute approximate surface area is 134 Å². The first kappa shape index (κ1) is 14.7. The van der Waals surface area contributed by atoms with E-state index in [1.165, 1.54) is 17.3 Å². The highest BCUT2D eigenvalue weighted by atomic mass is 32.2. The second kappa shape index (κ2) is 6.67. The number of fused-ring (bicyclic) bond motifs is 1. The van der Waals surface area contributed by atoms with Gasteiger partial charge in [-0.1, -0.05) is 59.8 Å². The zero-order chi connectivity index (χ0) is 15.4. The van der Waals surface area contributed by atoms with Gasteiger partial charge in [0, 0.05) is 4.90 Å². The van der Waals surface area contributed by atoms with Crippen molar-refractivity contribution in [3.63, 3.8) is 0 Å². The number of esters is 1. The number of ether oxygens (including phenoxy) is 1. The van der Waals surface area contributed by atoms with Crippen molar-refractivity contribution in [1.82, 2.24) is 0 Å². The number of rotatable bonds is 4. The van der Waals surface area contributed by atoms with Gasteiger partial charge in [-0.2, -0.15) is 0 Å². The second-order valence-corrected chi connectivity index (χ2v) is 6.06. The molecule has 110 valence electrons. The lowest BCUT2D eigenvalue weighted by Crippen LogP contribution is -2.04. The van der Waals surface area contributed by atoms with Gasteiger partial charge in [-0.05, 0) is 42.0 Å². The number of carbonyl (C=O) groups excluding carboxylic acids is 1. The summed E-state index contributed by atoms with van der Waals surface area (Å²) in [5.74, 6) is 0.0275. The van der Waals surface area contributed by atoms with Gasteiger partial charge >= 0.3 is 5.97 Å². The van der Waals surface area contributed by atoms with Crippen LogP contribution in [0, 0.1) is 6.92 Å². The predicted molar refractivity (Wildman–Crippen MR) is 91.3 cm³/mol. The molecule has 0 spiro atoms. The van der Waals surface area contributed by atoms with E-state index in [1.54, 1.807) is 6.07 Å². The quantitative estimate of drug-likeness (QED) is 0.383. The highest BCUT2D eigenvalue weighted by Gasteiger charge is 2.08. The molecule has 0 fully saturated rings. The first-order chi connectivity index (χ1) is 10.7. The SMILES string of the molecule is Cc1ccc(SCOC(=O)c2ccc3ccccc3c2)cc1. The maximum atomic E-state index is 12.1. The van der Waals surface area contributed by atoms with Crippen molar-refractivity contribution in [3.8, 4) is 0 Å². The number of hydrogen-bond acceptors (Lipinski definition) is 3. The molecule has 0 saturated heterocycles. The van der Waals surface area contributed by atoms with Crippen LogP contribution in [0.25, 0.3) is 10.8 Å². The lowest BCUT2D eigenvalue weighted by Gasteiger charge is -2.06. The fraction of sp³-hybridized carbons (Fsp3) is 0.105. The van der Waals surface area contributed by atoms with Gasteiger partial charge in [-0.15, -0.1) is 0 Å². The summed E-state index contributed by atoms with van der Waals surface area (Å²) < 4.78 is 5.34. The zero-order valence-corrected chi connectivity index (χ0v) is 13.1. The van der Waals surface area contributed by atoms with Crippen molar-refractivity contribution in [3.05, 3.63) is 77.9 Å². The Balaban J connectivity index is 1.62. The molecule has 0 radical (unpaired) electrons. The molecule has 0 saturated carbocycles. The summed E-state index contributed by atoms with van der Waals surface area (Å²) in [6, 6.07) is 21.7. The minimum atomic E-state index is -0.287. The predicted octanol–water partition coefficient (Wildman–Crippen LogP) is 5.05. The van der Waals surface area contributed by atoms with Gasteiger partial charge in [0.1, 0.15) is 5.94 Å². The van der Waals surface area contributed by atoms with Crippen LogP contribution >= 0.6 is 11.8 Å². The number of hydrogen-bond donors (Lipinski definition) is 0. The maximum absolute atomic E-state index is 12.1.